The molecular formula is C112H121F4N21O10S. The number of likely N-dealkylation sites (tertiary alicyclic amines) is 3. The predicted octanol–water partition coefficient (Wildman–Crippen LogP) is 13.9. The third-order valence-electron chi connectivity index (χ3n) is 30.1. The fourth-order valence-electron chi connectivity index (χ4n) is 22.1. The van der Waals surface area contributed by atoms with E-state index in [0.717, 1.165) is 160 Å². The molecule has 2 N–H and O–H groups in total. The lowest BCUT2D eigenvalue weighted by atomic mass is 10.0. The number of aryl methyl sites for hydroxylation is 1. The van der Waals surface area contributed by atoms with E-state index in [0.29, 0.717) is 127 Å². The van der Waals surface area contributed by atoms with Crippen LogP contribution >= 0.6 is 11.3 Å². The molecule has 5 aromatic carbocycles. The molecule has 0 unspecified atom stereocenters. The van der Waals surface area contributed by atoms with E-state index in [2.05, 4.69) is 135 Å². The average molecular weight is 2030 g/mol. The topological polar surface area (TPSA) is 283 Å². The standard InChI is InChI=1S/C24H27FN4O2.C23H25FN4O3.C22H23FN4O2.C22H23N5OS.C21H23FN4O2/c1-15(2)27-10-17-12-28(13-18(17)11-27)19-5-7-23-26-21(9-24(30)29(23)14-19)16-4-6-22(31-3)20(25)8-16;1-31-21-4-2-15(8-19(21)24)20-9-23(30)28-14-18(3-5-22(28)25-20)27-12-16-10-26(6-7-29)11-17(16)13-27;1-25-8-7-15-11-26(13-19(15)25)16-4-6-21-24-18(10-22(28)27(21)12-16)14-3-5-20(29-2)17(23)9-14;1-14-24-17-6-4-15(10-19(17)29-14)18-11-21(28)27-12-16(5-7-20(27)25-18)26-9-8-23-22(2,3)13-26;1-24(2)15-8-9-25(12-15)16-5-7-20-23-18(11-21(27)26(20)13-16)14-4-6-19(28-3)17(22)10-14/h4-9,14-15,17-18H,10-13H2,1-3H3;2-5,8-9,14,16-17,29H,6-7,10-13H2,1H3;3-6,9-10,12,15,19H,7-8,11,13H2,1-2H3;4-7,10-12,23H,8-9,13H2,1-3H3;4-7,10-11,13,15H,8-9,12H2,1-3H3/t17-,18+;16-,17+;15-,19+;;15-/m..0.1/s1. The van der Waals surface area contributed by atoms with Crippen molar-refractivity contribution in [2.75, 3.05) is 192 Å². The molecule has 24 rings (SSSR count). The molecule has 0 radical (unpaired) electrons. The Morgan fingerprint density at radius 3 is 1.11 bits per heavy atom. The summed E-state index contributed by atoms with van der Waals surface area (Å²) in [4.78, 5) is 113. The zero-order valence-electron chi connectivity index (χ0n) is 85.0. The zero-order chi connectivity index (χ0) is 103. The maximum atomic E-state index is 14.1. The number of nitrogens with zero attached hydrogens (tertiary/aromatic N) is 20. The van der Waals surface area contributed by atoms with Crippen LogP contribution in [-0.4, -0.2) is 268 Å². The van der Waals surface area contributed by atoms with Gasteiger partial charge in [-0.2, -0.15) is 0 Å². The highest BCUT2D eigenvalue weighted by Gasteiger charge is 2.44. The summed E-state index contributed by atoms with van der Waals surface area (Å²) in [6.45, 7) is 27.9. The van der Waals surface area contributed by atoms with Crippen molar-refractivity contribution < 1.29 is 41.6 Å². The van der Waals surface area contributed by atoms with Crippen LogP contribution < -0.4 is 76.6 Å². The van der Waals surface area contributed by atoms with Crippen LogP contribution in [0.15, 0.2) is 237 Å². The second-order valence-corrected chi connectivity index (χ2v) is 42.0. The highest BCUT2D eigenvalue weighted by Crippen LogP contribution is 2.40. The van der Waals surface area contributed by atoms with Gasteiger partial charge in [0.15, 0.2) is 46.3 Å². The largest absolute Gasteiger partial charge is 0.494 e. The molecule has 8 fully saturated rings. The number of rotatable bonds is 18. The molecule has 0 saturated carbocycles. The fraction of sp³-hybridized carbons (Fsp3) is 0.366. The van der Waals surface area contributed by atoms with Crippen molar-refractivity contribution in [1.82, 2.24) is 76.8 Å². The number of hydrogen-bond acceptors (Lipinski definition) is 27. The molecule has 0 bridgehead atoms. The molecule has 8 saturated heterocycles. The van der Waals surface area contributed by atoms with Crippen LogP contribution in [0.1, 0.15) is 45.5 Å². The summed E-state index contributed by atoms with van der Waals surface area (Å²) in [5.41, 5.74) is 13.7. The number of halogens is 4. The molecule has 31 nitrogen and oxygen atoms in total. The molecule has 0 aliphatic carbocycles. The molecule has 19 heterocycles. The zero-order valence-corrected chi connectivity index (χ0v) is 85.8. The summed E-state index contributed by atoms with van der Waals surface area (Å²) in [6, 6.07) is 52.8. The number of anilines is 5. The molecule has 16 aromatic rings. The molecule has 8 aliphatic rings. The monoisotopic (exact) mass is 2030 g/mol. The number of aromatic nitrogens is 11. The number of methoxy groups -OCH3 is 4. The first kappa shape index (κ1) is 101. The molecule has 8 aliphatic heterocycles. The number of aliphatic hydroxyl groups excluding tert-OH is 1. The Labute approximate surface area is 856 Å². The molecule has 768 valence electrons. The molecule has 0 amide bonds. The molecule has 36 heteroatoms. The number of pyridine rings is 5. The second kappa shape index (κ2) is 42.4. The minimum atomic E-state index is -0.491. The first-order chi connectivity index (χ1) is 71.3. The van der Waals surface area contributed by atoms with Crippen LogP contribution in [0.5, 0.6) is 23.0 Å². The SMILES string of the molecule is COc1ccc(-c2cc(=O)n3cc(N4CC[C@@H](N(C)C)C4)ccc3n2)cc1F.COc1ccc(-c2cc(=O)n3cc(N4C[C@@H]5CCN(C)[C@@H]5C4)ccc3n2)cc1F.COc1ccc(-c2cc(=O)n3cc(N4C[C@@H]5CN(C(C)C)C[C@@H]5C4)ccc3n2)cc1F.COc1ccc(-c2cc(=O)n3cc(N4C[C@H]5CN(CCO)C[C@H]5C4)ccc3n2)cc1F.Cc1nc2ccc(-c3cc(=O)n4cc(N5CCNC(C)(C)C5)ccc4n3)cc2s1. The van der Waals surface area contributed by atoms with Crippen molar-refractivity contribution in [1.29, 1.82) is 0 Å². The van der Waals surface area contributed by atoms with Gasteiger partial charge in [-0.3, -0.25) is 46.0 Å². The fourth-order valence-corrected chi connectivity index (χ4v) is 22.9. The van der Waals surface area contributed by atoms with Crippen molar-refractivity contribution in [3.05, 3.63) is 293 Å². The highest BCUT2D eigenvalue weighted by atomic mass is 32.1. The van der Waals surface area contributed by atoms with E-state index < -0.39 is 23.3 Å². The normalized spacial score (nSPS) is 19.6. The van der Waals surface area contributed by atoms with Gasteiger partial charge < -0.3 is 73.5 Å². The molecule has 7 atom stereocenters. The van der Waals surface area contributed by atoms with E-state index in [1.54, 1.807) is 75.8 Å². The van der Waals surface area contributed by atoms with Gasteiger partial charge in [0.05, 0.1) is 107 Å². The second-order valence-electron chi connectivity index (χ2n) is 40.8. The quantitative estimate of drug-likeness (QED) is 0.0755. The first-order valence-corrected chi connectivity index (χ1v) is 51.0. The summed E-state index contributed by atoms with van der Waals surface area (Å²) in [7, 11) is 12.0. The van der Waals surface area contributed by atoms with Gasteiger partial charge in [-0.1, -0.05) is 6.07 Å². The minimum Gasteiger partial charge on any atom is -0.494 e. The third kappa shape index (κ3) is 21.3. The Morgan fingerprint density at radius 1 is 0.412 bits per heavy atom. The van der Waals surface area contributed by atoms with Crippen LogP contribution in [0, 0.1) is 59.8 Å². The van der Waals surface area contributed by atoms with Crippen molar-refractivity contribution in [3.63, 3.8) is 0 Å². The number of hydrogen-bond donors (Lipinski definition) is 2. The number of aliphatic hydroxyl groups is 1. The van der Waals surface area contributed by atoms with E-state index >= 15 is 0 Å². The van der Waals surface area contributed by atoms with Gasteiger partial charge in [0.1, 0.15) is 28.2 Å². The maximum absolute atomic E-state index is 14.1. The number of fused-ring (bicyclic) bond motifs is 9. The lowest BCUT2D eigenvalue weighted by molar-refractivity contribution is 0.214. The van der Waals surface area contributed by atoms with Crippen LogP contribution in [0.3, 0.4) is 0 Å². The van der Waals surface area contributed by atoms with E-state index in [4.69, 9.17) is 29.0 Å². The van der Waals surface area contributed by atoms with Crippen LogP contribution in [0.4, 0.5) is 46.0 Å². The van der Waals surface area contributed by atoms with Crippen LogP contribution in [0.2, 0.25) is 0 Å². The molecular weight excluding hydrogens is 1910 g/mol. The first-order valence-electron chi connectivity index (χ1n) is 50.2. The summed E-state index contributed by atoms with van der Waals surface area (Å²) < 4.78 is 85.1. The molecule has 148 heavy (non-hydrogen) atoms. The van der Waals surface area contributed by atoms with Crippen molar-refractivity contribution in [2.24, 2.45) is 29.6 Å². The number of ether oxygens (including phenoxy) is 4. The van der Waals surface area contributed by atoms with Gasteiger partial charge in [-0.05, 0) is 250 Å². The van der Waals surface area contributed by atoms with Crippen LogP contribution in [0.25, 0.3) is 94.7 Å². The predicted molar refractivity (Wildman–Crippen MR) is 572 cm³/mol. The maximum Gasteiger partial charge on any atom is 0.258 e. The van der Waals surface area contributed by atoms with E-state index in [9.17, 15) is 41.5 Å². The number of β-amino-alcohol motifs (C(OH)–C–C–N with tert-alkyl or cyclic N) is 1. The molecule has 11 aromatic heterocycles. The van der Waals surface area contributed by atoms with Crippen molar-refractivity contribution >= 4 is 78.2 Å². The lowest BCUT2D eigenvalue weighted by Gasteiger charge is -2.40. The van der Waals surface area contributed by atoms with Crippen LogP contribution in [-0.2, 0) is 0 Å². The van der Waals surface area contributed by atoms with Crippen molar-refractivity contribution in [2.45, 2.75) is 71.1 Å². The van der Waals surface area contributed by atoms with E-state index in [-0.39, 0.29) is 62.9 Å². The number of benzene rings is 5. The summed E-state index contributed by atoms with van der Waals surface area (Å²) in [5, 5.41) is 13.7. The van der Waals surface area contributed by atoms with Gasteiger partial charge in [-0.25, -0.2) is 47.5 Å². The Kier molecular flexibility index (Phi) is 28.8. The average Bonchev–Trinajstić information content (AvgIpc) is 1.52. The number of piperazine rings is 1. The van der Waals surface area contributed by atoms with Crippen molar-refractivity contribution in [3.8, 4) is 79.3 Å². The minimum absolute atomic E-state index is 0.0495. The lowest BCUT2D eigenvalue weighted by Crippen LogP contribution is -2.57. The van der Waals surface area contributed by atoms with Gasteiger partial charge in [0.25, 0.3) is 27.8 Å². The Balaban J connectivity index is 0.000000112. The number of likely N-dealkylation sites (N-methyl/N-ethyl adjacent to an activating group) is 2. The molecule has 0 spiro atoms. The summed E-state index contributed by atoms with van der Waals surface area (Å²) in [6.07, 6.45) is 11.7. The van der Waals surface area contributed by atoms with E-state index in [1.807, 2.05) is 105 Å². The third-order valence-corrected chi connectivity index (χ3v) is 31.1. The Morgan fingerprint density at radius 2 is 0.764 bits per heavy atom. The van der Waals surface area contributed by atoms with Gasteiger partial charge >= 0.3 is 0 Å². The number of thiazole rings is 1. The Hall–Kier alpha value is -14.5. The highest BCUT2D eigenvalue weighted by molar-refractivity contribution is 7.18. The summed E-state index contributed by atoms with van der Waals surface area (Å²) in [5.74, 6) is 1.94. The van der Waals surface area contributed by atoms with Gasteiger partial charge in [0, 0.05) is 218 Å². The smallest absolute Gasteiger partial charge is 0.258 e. The number of nitrogens with one attached hydrogen (secondary N) is 1. The van der Waals surface area contributed by atoms with Gasteiger partial charge in [0.2, 0.25) is 0 Å². The Bertz CT molecular complexity index is 8010. The van der Waals surface area contributed by atoms with E-state index in [1.165, 1.54) is 102 Å². The summed E-state index contributed by atoms with van der Waals surface area (Å²) >= 11 is 1.65. The van der Waals surface area contributed by atoms with Gasteiger partial charge in [-0.15, -0.1) is 11.3 Å².